The molecule has 3 nitrogen and oxygen atoms in total. The van der Waals surface area contributed by atoms with E-state index in [0.717, 1.165) is 16.7 Å². The maximum atomic E-state index is 11.2. The third kappa shape index (κ3) is 2.19. The van der Waals surface area contributed by atoms with Crippen molar-refractivity contribution in [2.75, 3.05) is 7.11 Å². The highest BCUT2D eigenvalue weighted by molar-refractivity contribution is 5.98. The van der Waals surface area contributed by atoms with Crippen LogP contribution in [0.2, 0.25) is 0 Å². The van der Waals surface area contributed by atoms with Gasteiger partial charge in [0.2, 0.25) is 0 Å². The Morgan fingerprint density at radius 1 is 1.38 bits per heavy atom. The average Bonchev–Trinajstić information content (AvgIpc) is 2.29. The van der Waals surface area contributed by atoms with Crippen LogP contribution in [-0.4, -0.2) is 18.9 Å². The Morgan fingerprint density at radius 3 is 2.94 bits per heavy atom. The quantitative estimate of drug-likeness (QED) is 0.704. The van der Waals surface area contributed by atoms with Crippen LogP contribution < -0.4 is 0 Å². The van der Waals surface area contributed by atoms with Crippen LogP contribution >= 0.6 is 0 Å². The Morgan fingerprint density at radius 2 is 2.19 bits per heavy atom. The van der Waals surface area contributed by atoms with Crippen molar-refractivity contribution in [3.8, 4) is 0 Å². The zero-order valence-electron chi connectivity index (χ0n) is 9.03. The summed E-state index contributed by atoms with van der Waals surface area (Å²) in [4.78, 5) is 22.3. The zero-order chi connectivity index (χ0) is 11.5. The molecule has 0 aliphatic heterocycles. The molecule has 1 aromatic carbocycles. The predicted octanol–water partition coefficient (Wildman–Crippen LogP) is 1.54. The Balaban J connectivity index is 2.25. The number of carbonyl (C=O) groups is 2. The summed E-state index contributed by atoms with van der Waals surface area (Å²) >= 11 is 0. The summed E-state index contributed by atoms with van der Waals surface area (Å²) in [6, 6.07) is 5.69. The van der Waals surface area contributed by atoms with E-state index in [-0.39, 0.29) is 18.2 Å². The summed E-state index contributed by atoms with van der Waals surface area (Å²) in [6.07, 6.45) is 4.09. The van der Waals surface area contributed by atoms with E-state index >= 15 is 0 Å². The van der Waals surface area contributed by atoms with Gasteiger partial charge in [0.1, 0.15) is 0 Å². The smallest absolute Gasteiger partial charge is 0.309 e. The van der Waals surface area contributed by atoms with Crippen molar-refractivity contribution in [1.82, 2.24) is 0 Å². The van der Waals surface area contributed by atoms with Crippen LogP contribution in [0.3, 0.4) is 0 Å². The number of hydrogen-bond donors (Lipinski definition) is 0. The first-order valence-corrected chi connectivity index (χ1v) is 5.08. The number of allylic oxidation sites excluding steroid dienone is 1. The lowest BCUT2D eigenvalue weighted by Gasteiger charge is -2.10. The summed E-state index contributed by atoms with van der Waals surface area (Å²) in [5, 5.41) is 0. The molecule has 0 atom stereocenters. The minimum atomic E-state index is -0.254. The number of esters is 1. The largest absolute Gasteiger partial charge is 0.469 e. The van der Waals surface area contributed by atoms with Crippen LogP contribution in [0, 0.1) is 0 Å². The van der Waals surface area contributed by atoms with Crippen molar-refractivity contribution >= 4 is 17.8 Å². The van der Waals surface area contributed by atoms with E-state index in [0.29, 0.717) is 6.42 Å². The SMILES string of the molecule is COC(=O)Cc1ccc2c(c1)C=CC(=O)C2. The second kappa shape index (κ2) is 4.31. The second-order valence-corrected chi connectivity index (χ2v) is 3.76. The Bertz CT molecular complexity index is 472. The molecule has 2 rings (SSSR count). The fraction of sp³-hybridized carbons (Fsp3) is 0.231. The summed E-state index contributed by atoms with van der Waals surface area (Å²) < 4.78 is 4.60. The van der Waals surface area contributed by atoms with Gasteiger partial charge in [-0.05, 0) is 22.8 Å². The van der Waals surface area contributed by atoms with Gasteiger partial charge in [-0.3, -0.25) is 9.59 Å². The molecule has 0 saturated carbocycles. The van der Waals surface area contributed by atoms with Gasteiger partial charge in [0.25, 0.3) is 0 Å². The van der Waals surface area contributed by atoms with E-state index in [9.17, 15) is 9.59 Å². The molecule has 0 heterocycles. The van der Waals surface area contributed by atoms with E-state index in [1.165, 1.54) is 7.11 Å². The van der Waals surface area contributed by atoms with Crippen LogP contribution in [0.15, 0.2) is 24.3 Å². The van der Waals surface area contributed by atoms with Gasteiger partial charge >= 0.3 is 5.97 Å². The van der Waals surface area contributed by atoms with Gasteiger partial charge in [-0.1, -0.05) is 24.3 Å². The average molecular weight is 216 g/mol. The number of methoxy groups -OCH3 is 1. The highest BCUT2D eigenvalue weighted by Gasteiger charge is 2.11. The normalized spacial score (nSPS) is 13.4. The van der Waals surface area contributed by atoms with E-state index in [2.05, 4.69) is 4.74 Å². The number of ketones is 1. The highest BCUT2D eigenvalue weighted by Crippen LogP contribution is 2.19. The predicted molar refractivity (Wildman–Crippen MR) is 59.9 cm³/mol. The summed E-state index contributed by atoms with van der Waals surface area (Å²) in [6.45, 7) is 0. The molecule has 0 bridgehead atoms. The molecule has 3 heteroatoms. The minimum absolute atomic E-state index is 0.119. The first-order valence-electron chi connectivity index (χ1n) is 5.08. The number of fused-ring (bicyclic) bond motifs is 1. The molecular formula is C13H12O3. The first kappa shape index (κ1) is 10.6. The lowest BCUT2D eigenvalue weighted by molar-refractivity contribution is -0.139. The molecule has 0 amide bonds. The number of rotatable bonds is 2. The molecule has 0 fully saturated rings. The molecule has 1 aliphatic rings. The Kier molecular flexibility index (Phi) is 2.86. The molecule has 16 heavy (non-hydrogen) atoms. The zero-order valence-corrected chi connectivity index (χ0v) is 9.03. The van der Waals surface area contributed by atoms with Gasteiger partial charge in [0.05, 0.1) is 13.5 Å². The molecule has 0 spiro atoms. The van der Waals surface area contributed by atoms with E-state index in [4.69, 9.17) is 0 Å². The molecule has 0 radical (unpaired) electrons. The van der Waals surface area contributed by atoms with Crippen molar-refractivity contribution in [2.24, 2.45) is 0 Å². The number of ether oxygens (including phenoxy) is 1. The lowest BCUT2D eigenvalue weighted by Crippen LogP contribution is -2.08. The molecule has 0 aromatic heterocycles. The minimum Gasteiger partial charge on any atom is -0.469 e. The van der Waals surface area contributed by atoms with Crippen molar-refractivity contribution in [1.29, 1.82) is 0 Å². The van der Waals surface area contributed by atoms with Gasteiger partial charge in [-0.25, -0.2) is 0 Å². The maximum absolute atomic E-state index is 11.2. The van der Waals surface area contributed by atoms with Crippen molar-refractivity contribution in [3.63, 3.8) is 0 Å². The van der Waals surface area contributed by atoms with Crippen LogP contribution in [0.4, 0.5) is 0 Å². The number of carbonyl (C=O) groups excluding carboxylic acids is 2. The third-order valence-corrected chi connectivity index (χ3v) is 2.60. The van der Waals surface area contributed by atoms with Gasteiger partial charge in [-0.15, -0.1) is 0 Å². The van der Waals surface area contributed by atoms with E-state index in [1.54, 1.807) is 12.2 Å². The molecule has 0 saturated heterocycles. The van der Waals surface area contributed by atoms with Gasteiger partial charge in [0, 0.05) is 6.42 Å². The van der Waals surface area contributed by atoms with Crippen molar-refractivity contribution in [3.05, 3.63) is 41.0 Å². The Hall–Kier alpha value is -1.90. The van der Waals surface area contributed by atoms with Gasteiger partial charge in [-0.2, -0.15) is 0 Å². The van der Waals surface area contributed by atoms with Crippen LogP contribution in [-0.2, 0) is 27.2 Å². The number of benzene rings is 1. The Labute approximate surface area is 93.7 Å². The van der Waals surface area contributed by atoms with Gasteiger partial charge < -0.3 is 4.74 Å². The monoisotopic (exact) mass is 216 g/mol. The van der Waals surface area contributed by atoms with Crippen LogP contribution in [0.1, 0.15) is 16.7 Å². The summed E-state index contributed by atoms with van der Waals surface area (Å²) in [5.41, 5.74) is 2.94. The van der Waals surface area contributed by atoms with E-state index in [1.807, 2.05) is 18.2 Å². The topological polar surface area (TPSA) is 43.4 Å². The summed E-state index contributed by atoms with van der Waals surface area (Å²) in [5.74, 6) is -0.135. The molecule has 0 unspecified atom stereocenters. The fourth-order valence-corrected chi connectivity index (χ4v) is 1.74. The van der Waals surface area contributed by atoms with E-state index < -0.39 is 0 Å². The second-order valence-electron chi connectivity index (χ2n) is 3.76. The standard InChI is InChI=1S/C13H12O3/c1-16-13(15)7-9-2-3-11-8-12(14)5-4-10(11)6-9/h2-6H,7-8H2,1H3. The first-order chi connectivity index (χ1) is 7.69. The molecule has 0 N–H and O–H groups in total. The van der Waals surface area contributed by atoms with Crippen LogP contribution in [0.5, 0.6) is 0 Å². The van der Waals surface area contributed by atoms with Gasteiger partial charge in [0.15, 0.2) is 5.78 Å². The summed E-state index contributed by atoms with van der Waals surface area (Å²) in [7, 11) is 1.37. The molecule has 1 aromatic rings. The third-order valence-electron chi connectivity index (χ3n) is 2.60. The molecular weight excluding hydrogens is 204 g/mol. The molecule has 1 aliphatic carbocycles. The van der Waals surface area contributed by atoms with Crippen molar-refractivity contribution in [2.45, 2.75) is 12.8 Å². The highest BCUT2D eigenvalue weighted by atomic mass is 16.5. The lowest BCUT2D eigenvalue weighted by atomic mass is 9.94. The maximum Gasteiger partial charge on any atom is 0.309 e. The van der Waals surface area contributed by atoms with Crippen LogP contribution in [0.25, 0.3) is 6.08 Å². The number of hydrogen-bond acceptors (Lipinski definition) is 3. The molecule has 82 valence electrons. The van der Waals surface area contributed by atoms with Crippen molar-refractivity contribution < 1.29 is 14.3 Å². The fourth-order valence-electron chi connectivity index (χ4n) is 1.74.